The number of rotatable bonds is 6. The number of para-hydroxylation sites is 1. The molecule has 6 rings (SSSR count). The van der Waals surface area contributed by atoms with Crippen LogP contribution in [-0.2, 0) is 22.3 Å². The quantitative estimate of drug-likeness (QED) is 0.335. The van der Waals surface area contributed by atoms with Gasteiger partial charge in [0.1, 0.15) is 23.1 Å². The Bertz CT molecular complexity index is 1770. The lowest BCUT2D eigenvalue weighted by molar-refractivity contribution is -0.140. The molecule has 2 aromatic carbocycles. The molecule has 0 saturated carbocycles. The molecule has 0 aliphatic carbocycles. The van der Waals surface area contributed by atoms with Crippen molar-refractivity contribution < 1.29 is 31.9 Å². The molecular weight excluding hydrogens is 519 g/mol. The number of ether oxygens (including phenoxy) is 2. The van der Waals surface area contributed by atoms with Gasteiger partial charge in [0.05, 0.1) is 25.0 Å². The maximum absolute atomic E-state index is 14.1. The lowest BCUT2D eigenvalue weighted by Gasteiger charge is -2.12. The standard InChI is InChI=1S/C26H20F3N5O5/c1-37-15-8-5-9-16-20(15)32-24(39-16)19-14(12-38-17-10-11-30-23(17)35)31-22-18(13-6-3-2-4-7-13)21(26(27,28)29)33-34(22)25(19)36/h2-9,17,31H,10-12H2,1H3,(H,30,35). The van der Waals surface area contributed by atoms with Crippen molar-refractivity contribution in [1.82, 2.24) is 24.9 Å². The van der Waals surface area contributed by atoms with Crippen molar-refractivity contribution in [3.05, 3.63) is 70.3 Å². The molecule has 3 aromatic heterocycles. The molecule has 1 atom stereocenters. The zero-order chi connectivity index (χ0) is 27.3. The maximum atomic E-state index is 14.1. The molecule has 1 aliphatic heterocycles. The summed E-state index contributed by atoms with van der Waals surface area (Å²) in [5.74, 6) is -0.108. The third-order valence-electron chi connectivity index (χ3n) is 6.44. The van der Waals surface area contributed by atoms with Crippen LogP contribution in [0.5, 0.6) is 5.75 Å². The van der Waals surface area contributed by atoms with Crippen LogP contribution in [0.4, 0.5) is 13.2 Å². The zero-order valence-corrected chi connectivity index (χ0v) is 20.3. The molecule has 1 fully saturated rings. The molecule has 1 saturated heterocycles. The van der Waals surface area contributed by atoms with Crippen LogP contribution in [0, 0.1) is 0 Å². The number of nitrogens with zero attached hydrogens (tertiary/aromatic N) is 3. The number of hydrogen-bond acceptors (Lipinski definition) is 7. The number of alkyl halides is 3. The van der Waals surface area contributed by atoms with E-state index in [9.17, 15) is 22.8 Å². The van der Waals surface area contributed by atoms with Gasteiger partial charge in [-0.05, 0) is 24.1 Å². The molecule has 200 valence electrons. The fourth-order valence-corrected chi connectivity index (χ4v) is 4.64. The third kappa shape index (κ3) is 4.20. The summed E-state index contributed by atoms with van der Waals surface area (Å²) in [6.07, 6.45) is -5.24. The highest BCUT2D eigenvalue weighted by molar-refractivity contribution is 5.84. The summed E-state index contributed by atoms with van der Waals surface area (Å²) in [5, 5.41) is 6.33. The topological polar surface area (TPSA) is 124 Å². The Morgan fingerprint density at radius 3 is 2.59 bits per heavy atom. The Labute approximate surface area is 217 Å². The molecular formula is C26H20F3N5O5. The Hall–Kier alpha value is -4.65. The number of benzene rings is 2. The van der Waals surface area contributed by atoms with Crippen molar-refractivity contribution in [2.75, 3.05) is 13.7 Å². The molecule has 0 spiro atoms. The lowest BCUT2D eigenvalue weighted by Crippen LogP contribution is -2.26. The zero-order valence-electron chi connectivity index (χ0n) is 20.3. The first-order valence-electron chi connectivity index (χ1n) is 11.9. The molecule has 1 amide bonds. The molecule has 5 aromatic rings. The van der Waals surface area contributed by atoms with E-state index in [2.05, 4.69) is 20.4 Å². The van der Waals surface area contributed by atoms with Gasteiger partial charge >= 0.3 is 6.18 Å². The summed E-state index contributed by atoms with van der Waals surface area (Å²) in [6.45, 7) is 0.113. The Kier molecular flexibility index (Phi) is 5.87. The fourth-order valence-electron chi connectivity index (χ4n) is 4.64. The van der Waals surface area contributed by atoms with Crippen molar-refractivity contribution in [1.29, 1.82) is 0 Å². The van der Waals surface area contributed by atoms with E-state index in [0.717, 1.165) is 0 Å². The highest BCUT2D eigenvalue weighted by Crippen LogP contribution is 2.39. The molecule has 0 radical (unpaired) electrons. The highest BCUT2D eigenvalue weighted by atomic mass is 19.4. The third-order valence-corrected chi connectivity index (χ3v) is 6.44. The van der Waals surface area contributed by atoms with E-state index in [1.165, 1.54) is 19.2 Å². The van der Waals surface area contributed by atoms with Crippen LogP contribution >= 0.6 is 0 Å². The van der Waals surface area contributed by atoms with Crippen LogP contribution in [0.1, 0.15) is 17.8 Å². The number of fused-ring (bicyclic) bond motifs is 2. The average Bonchev–Trinajstić information content (AvgIpc) is 3.64. The molecule has 39 heavy (non-hydrogen) atoms. The van der Waals surface area contributed by atoms with Gasteiger partial charge in [0, 0.05) is 6.54 Å². The Morgan fingerprint density at radius 2 is 1.90 bits per heavy atom. The number of hydrogen-bond donors (Lipinski definition) is 2. The predicted molar refractivity (Wildman–Crippen MR) is 132 cm³/mol. The maximum Gasteiger partial charge on any atom is 0.435 e. The minimum atomic E-state index is -4.86. The first-order valence-corrected chi connectivity index (χ1v) is 11.9. The molecule has 0 bridgehead atoms. The lowest BCUT2D eigenvalue weighted by atomic mass is 10.1. The summed E-state index contributed by atoms with van der Waals surface area (Å²) in [7, 11) is 1.45. The predicted octanol–water partition coefficient (Wildman–Crippen LogP) is 3.93. The van der Waals surface area contributed by atoms with Gasteiger partial charge in [0.15, 0.2) is 16.8 Å². The second-order valence-corrected chi connectivity index (χ2v) is 8.84. The number of oxazole rings is 1. The molecule has 13 heteroatoms. The largest absolute Gasteiger partial charge is 0.494 e. The van der Waals surface area contributed by atoms with E-state index in [1.54, 1.807) is 36.4 Å². The van der Waals surface area contributed by atoms with Crippen LogP contribution in [0.25, 0.3) is 39.3 Å². The van der Waals surface area contributed by atoms with Gasteiger partial charge in [-0.3, -0.25) is 9.59 Å². The van der Waals surface area contributed by atoms with Crippen LogP contribution in [0.2, 0.25) is 0 Å². The fraction of sp³-hybridized carbons (Fsp3) is 0.231. The number of halogens is 3. The number of methoxy groups -OCH3 is 1. The van der Waals surface area contributed by atoms with Gasteiger partial charge in [-0.1, -0.05) is 36.4 Å². The number of carbonyl (C=O) groups excluding carboxylic acids is 1. The second-order valence-electron chi connectivity index (χ2n) is 8.84. The summed E-state index contributed by atoms with van der Waals surface area (Å²) < 4.78 is 60.0. The van der Waals surface area contributed by atoms with Crippen molar-refractivity contribution >= 4 is 22.7 Å². The van der Waals surface area contributed by atoms with E-state index < -0.39 is 23.5 Å². The van der Waals surface area contributed by atoms with E-state index in [4.69, 9.17) is 13.9 Å². The van der Waals surface area contributed by atoms with Gasteiger partial charge in [0.25, 0.3) is 5.56 Å². The Balaban J connectivity index is 1.62. The molecule has 1 unspecified atom stereocenters. The number of carbonyl (C=O) groups is 1. The van der Waals surface area contributed by atoms with Crippen LogP contribution in [0.3, 0.4) is 0 Å². The summed E-state index contributed by atoms with van der Waals surface area (Å²) >= 11 is 0. The van der Waals surface area contributed by atoms with Crippen LogP contribution in [0.15, 0.2) is 57.7 Å². The van der Waals surface area contributed by atoms with Gasteiger partial charge in [-0.25, -0.2) is 4.98 Å². The summed E-state index contributed by atoms with van der Waals surface area (Å²) in [6, 6.07) is 12.7. The summed E-state index contributed by atoms with van der Waals surface area (Å²) in [4.78, 5) is 33.2. The van der Waals surface area contributed by atoms with Crippen molar-refractivity contribution in [2.24, 2.45) is 0 Å². The van der Waals surface area contributed by atoms with Crippen molar-refractivity contribution in [2.45, 2.75) is 25.3 Å². The van der Waals surface area contributed by atoms with Crippen molar-refractivity contribution in [3.63, 3.8) is 0 Å². The molecule has 1 aliphatic rings. The number of aromatic nitrogens is 4. The van der Waals surface area contributed by atoms with Crippen LogP contribution in [-0.4, -0.2) is 45.2 Å². The average molecular weight is 539 g/mol. The monoisotopic (exact) mass is 539 g/mol. The van der Waals surface area contributed by atoms with E-state index >= 15 is 0 Å². The first-order chi connectivity index (χ1) is 18.8. The van der Waals surface area contributed by atoms with E-state index in [-0.39, 0.29) is 46.4 Å². The number of H-pyrrole nitrogens is 1. The second kappa shape index (κ2) is 9.27. The van der Waals surface area contributed by atoms with Gasteiger partial charge in [-0.15, -0.1) is 0 Å². The molecule has 10 nitrogen and oxygen atoms in total. The minimum Gasteiger partial charge on any atom is -0.494 e. The number of amides is 1. The van der Waals surface area contributed by atoms with Gasteiger partial charge in [-0.2, -0.15) is 22.8 Å². The highest BCUT2D eigenvalue weighted by Gasteiger charge is 2.40. The molecule has 2 N–H and O–H groups in total. The van der Waals surface area contributed by atoms with E-state index in [0.29, 0.717) is 34.3 Å². The summed E-state index contributed by atoms with van der Waals surface area (Å²) in [5.41, 5.74) is -1.92. The SMILES string of the molecule is COc1cccc2oc(-c3c(COC4CCNC4=O)[nH]c4c(-c5ccccc5)c(C(F)(F)F)nn4c3=O)nc12. The minimum absolute atomic E-state index is 0.0727. The van der Waals surface area contributed by atoms with Gasteiger partial charge < -0.3 is 24.2 Å². The van der Waals surface area contributed by atoms with Crippen molar-refractivity contribution in [3.8, 4) is 28.3 Å². The Morgan fingerprint density at radius 1 is 1.10 bits per heavy atom. The number of nitrogens with one attached hydrogen (secondary N) is 2. The van der Waals surface area contributed by atoms with Crippen LogP contribution < -0.4 is 15.6 Å². The first kappa shape index (κ1) is 24.7. The smallest absolute Gasteiger partial charge is 0.435 e. The number of aromatic amines is 1. The van der Waals surface area contributed by atoms with Gasteiger partial charge in [0.2, 0.25) is 11.8 Å². The normalized spacial score (nSPS) is 15.8. The van der Waals surface area contributed by atoms with E-state index in [1.807, 2.05) is 0 Å². The molecule has 4 heterocycles.